The molecule has 4 nitrogen and oxygen atoms in total. The molecule has 1 aromatic rings. The summed E-state index contributed by atoms with van der Waals surface area (Å²) in [6.07, 6.45) is 5.36. The number of hydrogen-bond donors (Lipinski definition) is 2. The lowest BCUT2D eigenvalue weighted by Gasteiger charge is -2.25. The third kappa shape index (κ3) is 3.63. The van der Waals surface area contributed by atoms with Gasteiger partial charge in [-0.2, -0.15) is 0 Å². The molecule has 2 aliphatic rings. The van der Waals surface area contributed by atoms with Crippen molar-refractivity contribution in [3.63, 3.8) is 0 Å². The normalized spacial score (nSPS) is 20.5. The maximum atomic E-state index is 11.8. The monoisotopic (exact) mass is 286 g/mol. The molecule has 112 valence electrons. The van der Waals surface area contributed by atoms with Gasteiger partial charge in [0, 0.05) is 18.4 Å². The smallest absolute Gasteiger partial charge is 0.239 e. The van der Waals surface area contributed by atoms with E-state index in [0.29, 0.717) is 12.5 Å². The third-order valence-electron chi connectivity index (χ3n) is 4.41. The molecule has 1 fully saturated rings. The number of carbonyl (C=O) groups excluding carboxylic acids is 2. The summed E-state index contributed by atoms with van der Waals surface area (Å²) in [7, 11) is 0. The maximum Gasteiger partial charge on any atom is 0.239 e. The molecule has 2 amide bonds. The molecule has 0 unspecified atom stereocenters. The lowest BCUT2D eigenvalue weighted by Crippen LogP contribution is -2.39. The van der Waals surface area contributed by atoms with Crippen LogP contribution < -0.4 is 10.6 Å². The maximum absolute atomic E-state index is 11.8. The molecule has 3 rings (SSSR count). The average Bonchev–Trinajstić information content (AvgIpc) is 3.35. The van der Waals surface area contributed by atoms with Crippen LogP contribution in [0.4, 0.5) is 0 Å². The van der Waals surface area contributed by atoms with Gasteiger partial charge in [-0.1, -0.05) is 24.3 Å². The summed E-state index contributed by atoms with van der Waals surface area (Å²) in [5.41, 5.74) is 2.77. The SMILES string of the molecule is O=C(CNC(=O)C1CC1)NC[C@@H]1CCCc2ccccc21. The number of carbonyl (C=O) groups is 2. The topological polar surface area (TPSA) is 58.2 Å². The van der Waals surface area contributed by atoms with E-state index < -0.39 is 0 Å². The molecule has 0 saturated heterocycles. The second kappa shape index (κ2) is 6.29. The Kier molecular flexibility index (Phi) is 4.23. The van der Waals surface area contributed by atoms with Crippen LogP contribution in [-0.4, -0.2) is 24.9 Å². The van der Waals surface area contributed by atoms with Crippen LogP contribution in [-0.2, 0) is 16.0 Å². The van der Waals surface area contributed by atoms with Crippen molar-refractivity contribution in [2.75, 3.05) is 13.1 Å². The Morgan fingerprint density at radius 1 is 1.10 bits per heavy atom. The molecule has 4 heteroatoms. The summed E-state index contributed by atoms with van der Waals surface area (Å²) >= 11 is 0. The van der Waals surface area contributed by atoms with Gasteiger partial charge < -0.3 is 10.6 Å². The molecule has 0 heterocycles. The fraction of sp³-hybridized carbons (Fsp3) is 0.529. The zero-order chi connectivity index (χ0) is 14.7. The van der Waals surface area contributed by atoms with Crippen molar-refractivity contribution in [2.45, 2.75) is 38.0 Å². The highest BCUT2D eigenvalue weighted by Gasteiger charge is 2.29. The van der Waals surface area contributed by atoms with Gasteiger partial charge in [-0.25, -0.2) is 0 Å². The Hall–Kier alpha value is -1.84. The van der Waals surface area contributed by atoms with E-state index in [0.717, 1.165) is 25.7 Å². The van der Waals surface area contributed by atoms with E-state index in [1.165, 1.54) is 17.5 Å². The van der Waals surface area contributed by atoms with Gasteiger partial charge in [-0.3, -0.25) is 9.59 Å². The Labute approximate surface area is 125 Å². The third-order valence-corrected chi connectivity index (χ3v) is 4.41. The van der Waals surface area contributed by atoms with Crippen LogP contribution in [0.5, 0.6) is 0 Å². The van der Waals surface area contributed by atoms with E-state index in [1.807, 2.05) is 0 Å². The molecule has 1 aromatic carbocycles. The van der Waals surface area contributed by atoms with Gasteiger partial charge in [0.25, 0.3) is 0 Å². The standard InChI is InChI=1S/C17H22N2O2/c20-16(11-19-17(21)13-8-9-13)18-10-14-6-3-5-12-4-1-2-7-15(12)14/h1-2,4,7,13-14H,3,5-6,8-11H2,(H,18,20)(H,19,21)/t14-/m0/s1. The zero-order valence-electron chi connectivity index (χ0n) is 12.2. The highest BCUT2D eigenvalue weighted by atomic mass is 16.2. The van der Waals surface area contributed by atoms with Crippen molar-refractivity contribution in [2.24, 2.45) is 5.92 Å². The number of nitrogens with one attached hydrogen (secondary N) is 2. The minimum atomic E-state index is -0.0907. The molecule has 2 N–H and O–H groups in total. The Balaban J connectivity index is 1.46. The van der Waals surface area contributed by atoms with Crippen LogP contribution in [0, 0.1) is 5.92 Å². The first kappa shape index (κ1) is 14.1. The van der Waals surface area contributed by atoms with Crippen molar-refractivity contribution >= 4 is 11.8 Å². The van der Waals surface area contributed by atoms with Gasteiger partial charge >= 0.3 is 0 Å². The molecular weight excluding hydrogens is 264 g/mol. The number of aryl methyl sites for hydroxylation is 1. The molecular formula is C17H22N2O2. The minimum absolute atomic E-state index is 0.0214. The molecule has 2 aliphatic carbocycles. The quantitative estimate of drug-likeness (QED) is 0.866. The van der Waals surface area contributed by atoms with E-state index >= 15 is 0 Å². The van der Waals surface area contributed by atoms with Crippen molar-refractivity contribution in [1.82, 2.24) is 10.6 Å². The molecule has 1 atom stereocenters. The van der Waals surface area contributed by atoms with Crippen LogP contribution in [0.25, 0.3) is 0 Å². The summed E-state index contributed by atoms with van der Waals surface area (Å²) in [6, 6.07) is 8.49. The minimum Gasteiger partial charge on any atom is -0.354 e. The van der Waals surface area contributed by atoms with Crippen LogP contribution in [0.3, 0.4) is 0 Å². The lowest BCUT2D eigenvalue weighted by molar-refractivity contribution is -0.126. The first-order valence-corrected chi connectivity index (χ1v) is 7.86. The van der Waals surface area contributed by atoms with E-state index in [1.54, 1.807) is 0 Å². The molecule has 21 heavy (non-hydrogen) atoms. The molecule has 0 aromatic heterocycles. The van der Waals surface area contributed by atoms with Gasteiger partial charge in [0.15, 0.2) is 0 Å². The van der Waals surface area contributed by atoms with Gasteiger partial charge in [0.1, 0.15) is 0 Å². The molecule has 0 radical (unpaired) electrons. The molecule has 1 saturated carbocycles. The van der Waals surface area contributed by atoms with Crippen molar-refractivity contribution in [3.05, 3.63) is 35.4 Å². The summed E-state index contributed by atoms with van der Waals surface area (Å²) in [6.45, 7) is 0.763. The van der Waals surface area contributed by atoms with Gasteiger partial charge in [-0.05, 0) is 43.2 Å². The molecule has 0 aliphatic heterocycles. The Morgan fingerprint density at radius 3 is 2.71 bits per heavy atom. The van der Waals surface area contributed by atoms with E-state index in [-0.39, 0.29) is 24.3 Å². The van der Waals surface area contributed by atoms with Crippen molar-refractivity contribution in [1.29, 1.82) is 0 Å². The van der Waals surface area contributed by atoms with Gasteiger partial charge in [0.05, 0.1) is 6.54 Å². The van der Waals surface area contributed by atoms with Crippen LogP contribution in [0.15, 0.2) is 24.3 Å². The average molecular weight is 286 g/mol. The van der Waals surface area contributed by atoms with Gasteiger partial charge in [0.2, 0.25) is 11.8 Å². The first-order valence-electron chi connectivity index (χ1n) is 7.86. The van der Waals surface area contributed by atoms with Gasteiger partial charge in [-0.15, -0.1) is 0 Å². The summed E-state index contributed by atoms with van der Waals surface area (Å²) in [4.78, 5) is 23.3. The highest BCUT2D eigenvalue weighted by Crippen LogP contribution is 2.30. The molecule has 0 bridgehead atoms. The van der Waals surface area contributed by atoms with Crippen LogP contribution >= 0.6 is 0 Å². The summed E-state index contributed by atoms with van der Waals surface area (Å²) in [5, 5.41) is 5.65. The predicted molar refractivity (Wildman–Crippen MR) is 80.9 cm³/mol. The largest absolute Gasteiger partial charge is 0.354 e. The Morgan fingerprint density at radius 2 is 1.90 bits per heavy atom. The van der Waals surface area contributed by atoms with Crippen molar-refractivity contribution in [3.8, 4) is 0 Å². The Bertz CT molecular complexity index is 537. The number of benzene rings is 1. The predicted octanol–water partition coefficient (Wildman–Crippen LogP) is 1.75. The highest BCUT2D eigenvalue weighted by molar-refractivity contribution is 5.86. The second-order valence-electron chi connectivity index (χ2n) is 6.08. The number of fused-ring (bicyclic) bond motifs is 1. The van der Waals surface area contributed by atoms with E-state index in [4.69, 9.17) is 0 Å². The van der Waals surface area contributed by atoms with E-state index in [2.05, 4.69) is 34.9 Å². The summed E-state index contributed by atoms with van der Waals surface area (Å²) < 4.78 is 0. The van der Waals surface area contributed by atoms with Crippen molar-refractivity contribution < 1.29 is 9.59 Å². The van der Waals surface area contributed by atoms with Crippen LogP contribution in [0.1, 0.15) is 42.7 Å². The first-order chi connectivity index (χ1) is 10.2. The molecule has 0 spiro atoms. The fourth-order valence-electron chi connectivity index (χ4n) is 3.02. The number of rotatable bonds is 5. The second-order valence-corrected chi connectivity index (χ2v) is 6.08. The van der Waals surface area contributed by atoms with Crippen LogP contribution in [0.2, 0.25) is 0 Å². The summed E-state index contributed by atoms with van der Waals surface area (Å²) in [5.74, 6) is 0.487. The number of amides is 2. The zero-order valence-corrected chi connectivity index (χ0v) is 12.2. The number of hydrogen-bond acceptors (Lipinski definition) is 2. The fourth-order valence-corrected chi connectivity index (χ4v) is 3.02. The van der Waals surface area contributed by atoms with E-state index in [9.17, 15) is 9.59 Å². The lowest BCUT2D eigenvalue weighted by atomic mass is 9.83.